The van der Waals surface area contributed by atoms with Crippen molar-refractivity contribution in [3.63, 3.8) is 0 Å². The molecule has 0 bridgehead atoms. The van der Waals surface area contributed by atoms with Gasteiger partial charge in [0.2, 0.25) is 0 Å². The van der Waals surface area contributed by atoms with Gasteiger partial charge in [0.15, 0.2) is 5.82 Å². The van der Waals surface area contributed by atoms with Crippen LogP contribution >= 0.6 is 39.7 Å². The van der Waals surface area contributed by atoms with Crippen molar-refractivity contribution in [3.05, 3.63) is 44.5 Å². The fraction of sp³-hybridized carbons (Fsp3) is 0.154. The van der Waals surface area contributed by atoms with E-state index in [0.29, 0.717) is 16.4 Å². The summed E-state index contributed by atoms with van der Waals surface area (Å²) in [6.07, 6.45) is 0. The molecule has 2 rings (SSSR count). The number of halogens is 2. The van der Waals surface area contributed by atoms with Crippen molar-refractivity contribution < 1.29 is 0 Å². The third kappa shape index (κ3) is 3.08. The summed E-state index contributed by atoms with van der Waals surface area (Å²) in [6, 6.07) is 5.42. The third-order valence-electron chi connectivity index (χ3n) is 2.88. The van der Waals surface area contributed by atoms with E-state index in [1.54, 1.807) is 12.1 Å². The number of anilines is 2. The van der Waals surface area contributed by atoms with E-state index in [0.717, 1.165) is 21.4 Å². The molecule has 4 nitrogen and oxygen atoms in total. The fourth-order valence-electron chi connectivity index (χ4n) is 1.72. The molecule has 0 radical (unpaired) electrons. The molecule has 0 amide bonds. The number of thiocarbonyl (C=S) groups is 1. The molecule has 0 aliphatic carbocycles. The van der Waals surface area contributed by atoms with Gasteiger partial charge in [-0.25, -0.2) is 0 Å². The standard InChI is InChI=1S/C13H12BrClN4S/c1-6-7(2)18-19-13(11(6)12(16)20)17-10-5-8(15)3-4-9(10)14/h3-5H,1-2H3,(H2,16,20)(H,17,19). The van der Waals surface area contributed by atoms with Crippen LogP contribution in [0.25, 0.3) is 0 Å². The summed E-state index contributed by atoms with van der Waals surface area (Å²) >= 11 is 14.5. The number of benzene rings is 1. The Balaban J connectivity index is 2.51. The van der Waals surface area contributed by atoms with Gasteiger partial charge in [-0.1, -0.05) is 23.8 Å². The quantitative estimate of drug-likeness (QED) is 0.801. The molecule has 104 valence electrons. The number of rotatable bonds is 3. The Labute approximate surface area is 135 Å². The van der Waals surface area contributed by atoms with Crippen LogP contribution in [-0.2, 0) is 0 Å². The van der Waals surface area contributed by atoms with Crippen LogP contribution < -0.4 is 11.1 Å². The average molecular weight is 372 g/mol. The smallest absolute Gasteiger partial charge is 0.163 e. The molecule has 0 saturated carbocycles. The number of aromatic nitrogens is 2. The average Bonchev–Trinajstić information content (AvgIpc) is 2.38. The molecule has 1 aromatic carbocycles. The van der Waals surface area contributed by atoms with Gasteiger partial charge >= 0.3 is 0 Å². The molecule has 1 aromatic heterocycles. The number of nitrogens with zero attached hydrogens (tertiary/aromatic N) is 2. The Morgan fingerprint density at radius 3 is 2.70 bits per heavy atom. The van der Waals surface area contributed by atoms with Crippen molar-refractivity contribution >= 4 is 56.2 Å². The van der Waals surface area contributed by atoms with Crippen molar-refractivity contribution in [1.82, 2.24) is 10.2 Å². The summed E-state index contributed by atoms with van der Waals surface area (Å²) in [5, 5.41) is 12.0. The summed E-state index contributed by atoms with van der Waals surface area (Å²) in [7, 11) is 0. The van der Waals surface area contributed by atoms with Gasteiger partial charge < -0.3 is 11.1 Å². The topological polar surface area (TPSA) is 63.8 Å². The molecule has 0 atom stereocenters. The minimum Gasteiger partial charge on any atom is -0.389 e. The number of hydrogen-bond acceptors (Lipinski definition) is 4. The van der Waals surface area contributed by atoms with Gasteiger partial charge in [0, 0.05) is 9.50 Å². The third-order valence-corrected chi connectivity index (χ3v) is 4.01. The number of hydrogen-bond donors (Lipinski definition) is 2. The van der Waals surface area contributed by atoms with E-state index < -0.39 is 0 Å². The highest BCUT2D eigenvalue weighted by Crippen LogP contribution is 2.30. The predicted molar refractivity (Wildman–Crippen MR) is 89.8 cm³/mol. The van der Waals surface area contributed by atoms with Gasteiger partial charge in [-0.05, 0) is 53.5 Å². The molecule has 0 unspecified atom stereocenters. The summed E-state index contributed by atoms with van der Waals surface area (Å²) in [5.41, 5.74) is 8.96. The second kappa shape index (κ2) is 6.03. The molecule has 3 N–H and O–H groups in total. The van der Waals surface area contributed by atoms with Crippen molar-refractivity contribution in [2.75, 3.05) is 5.32 Å². The maximum absolute atomic E-state index is 5.99. The normalized spacial score (nSPS) is 10.4. The largest absolute Gasteiger partial charge is 0.389 e. The lowest BCUT2D eigenvalue weighted by Crippen LogP contribution is -2.17. The molecule has 0 aliphatic rings. The van der Waals surface area contributed by atoms with Crippen LogP contribution in [0, 0.1) is 13.8 Å². The minimum atomic E-state index is 0.279. The van der Waals surface area contributed by atoms with Gasteiger partial charge in [-0.2, -0.15) is 5.10 Å². The first-order valence-electron chi connectivity index (χ1n) is 5.76. The van der Waals surface area contributed by atoms with Crippen LogP contribution in [0.5, 0.6) is 0 Å². The van der Waals surface area contributed by atoms with Gasteiger partial charge in [-0.15, -0.1) is 5.10 Å². The van der Waals surface area contributed by atoms with E-state index in [4.69, 9.17) is 29.6 Å². The van der Waals surface area contributed by atoms with Gasteiger partial charge in [0.1, 0.15) is 4.99 Å². The molecular formula is C13H12BrClN4S. The van der Waals surface area contributed by atoms with E-state index in [2.05, 4.69) is 31.4 Å². The SMILES string of the molecule is Cc1nnc(Nc2cc(Cl)ccc2Br)c(C(N)=S)c1C. The Kier molecular flexibility index (Phi) is 4.57. The molecule has 20 heavy (non-hydrogen) atoms. The van der Waals surface area contributed by atoms with Gasteiger partial charge in [0.25, 0.3) is 0 Å². The van der Waals surface area contributed by atoms with Crippen molar-refractivity contribution in [2.45, 2.75) is 13.8 Å². The Hall–Kier alpha value is -1.24. The lowest BCUT2D eigenvalue weighted by Gasteiger charge is -2.14. The van der Waals surface area contributed by atoms with Crippen LogP contribution in [0.1, 0.15) is 16.8 Å². The van der Waals surface area contributed by atoms with E-state index >= 15 is 0 Å². The van der Waals surface area contributed by atoms with Crippen LogP contribution in [-0.4, -0.2) is 15.2 Å². The monoisotopic (exact) mass is 370 g/mol. The minimum absolute atomic E-state index is 0.279. The second-order valence-electron chi connectivity index (χ2n) is 4.25. The molecule has 0 fully saturated rings. The highest BCUT2D eigenvalue weighted by Gasteiger charge is 2.14. The lowest BCUT2D eigenvalue weighted by molar-refractivity contribution is 0.963. The fourth-order valence-corrected chi connectivity index (χ4v) is 2.49. The van der Waals surface area contributed by atoms with E-state index in [1.807, 2.05) is 19.9 Å². The first kappa shape index (κ1) is 15.2. The van der Waals surface area contributed by atoms with Crippen LogP contribution in [0.4, 0.5) is 11.5 Å². The summed E-state index contributed by atoms with van der Waals surface area (Å²) in [6.45, 7) is 3.78. The van der Waals surface area contributed by atoms with E-state index in [1.165, 1.54) is 0 Å². The van der Waals surface area contributed by atoms with Crippen LogP contribution in [0.3, 0.4) is 0 Å². The van der Waals surface area contributed by atoms with Crippen molar-refractivity contribution in [2.24, 2.45) is 5.73 Å². The van der Waals surface area contributed by atoms with Crippen LogP contribution in [0.2, 0.25) is 5.02 Å². The Bertz CT molecular complexity index is 690. The Morgan fingerprint density at radius 1 is 1.35 bits per heavy atom. The zero-order valence-electron chi connectivity index (χ0n) is 10.9. The second-order valence-corrected chi connectivity index (χ2v) is 5.98. The summed E-state index contributed by atoms with van der Waals surface area (Å²) in [4.78, 5) is 0.279. The molecule has 2 aromatic rings. The zero-order valence-corrected chi connectivity index (χ0v) is 14.0. The predicted octanol–water partition coefficient (Wildman–Crippen LogP) is 3.89. The number of nitrogens with one attached hydrogen (secondary N) is 1. The highest BCUT2D eigenvalue weighted by molar-refractivity contribution is 9.10. The Morgan fingerprint density at radius 2 is 2.05 bits per heavy atom. The lowest BCUT2D eigenvalue weighted by atomic mass is 10.1. The van der Waals surface area contributed by atoms with Crippen molar-refractivity contribution in [3.8, 4) is 0 Å². The van der Waals surface area contributed by atoms with E-state index in [9.17, 15) is 0 Å². The maximum atomic E-state index is 5.99. The zero-order chi connectivity index (χ0) is 14.9. The number of nitrogens with two attached hydrogens (primary N) is 1. The summed E-state index contributed by atoms with van der Waals surface area (Å²) < 4.78 is 0.857. The van der Waals surface area contributed by atoms with Gasteiger partial charge in [-0.3, -0.25) is 0 Å². The molecule has 0 spiro atoms. The molecular weight excluding hydrogens is 360 g/mol. The molecule has 7 heteroatoms. The van der Waals surface area contributed by atoms with Gasteiger partial charge in [0.05, 0.1) is 16.9 Å². The first-order chi connectivity index (χ1) is 9.40. The van der Waals surface area contributed by atoms with E-state index in [-0.39, 0.29) is 4.99 Å². The highest BCUT2D eigenvalue weighted by atomic mass is 79.9. The molecule has 0 saturated heterocycles. The number of aryl methyl sites for hydroxylation is 1. The summed E-state index contributed by atoms with van der Waals surface area (Å²) in [5.74, 6) is 0.517. The molecule has 0 aliphatic heterocycles. The van der Waals surface area contributed by atoms with Crippen molar-refractivity contribution in [1.29, 1.82) is 0 Å². The van der Waals surface area contributed by atoms with Crippen LogP contribution in [0.15, 0.2) is 22.7 Å². The molecule has 1 heterocycles. The maximum Gasteiger partial charge on any atom is 0.163 e. The first-order valence-corrected chi connectivity index (χ1v) is 7.34.